The largest absolute Gasteiger partial charge is 0.380 e. The highest BCUT2D eigenvalue weighted by molar-refractivity contribution is 6.20. The SMILES string of the molecule is CCCCCCCCCCCCCCCCCCOCC(Cl)CN(C)C. The average Bonchev–Trinajstić information content (AvgIpc) is 2.60. The van der Waals surface area contributed by atoms with E-state index in [1.165, 1.54) is 103 Å². The van der Waals surface area contributed by atoms with Gasteiger partial charge in [0.05, 0.1) is 12.0 Å². The molecule has 0 rings (SSSR count). The van der Waals surface area contributed by atoms with E-state index in [0.717, 1.165) is 13.2 Å². The maximum atomic E-state index is 6.19. The predicted molar refractivity (Wildman–Crippen MR) is 119 cm³/mol. The van der Waals surface area contributed by atoms with Crippen molar-refractivity contribution in [2.45, 2.75) is 115 Å². The molecule has 0 saturated heterocycles. The first-order valence-electron chi connectivity index (χ1n) is 11.5. The fraction of sp³-hybridized carbons (Fsp3) is 1.00. The molecule has 0 radical (unpaired) electrons. The number of alkyl halides is 1. The standard InChI is InChI=1S/C23H48ClNO/c1-4-5-6-7-8-9-10-11-12-13-14-15-16-17-18-19-20-26-22-23(24)21-25(2)3/h23H,4-22H2,1-3H3. The Morgan fingerprint density at radius 2 is 1.04 bits per heavy atom. The molecule has 0 saturated carbocycles. The molecule has 3 heteroatoms. The van der Waals surface area contributed by atoms with Crippen molar-refractivity contribution in [1.82, 2.24) is 4.90 Å². The van der Waals surface area contributed by atoms with Crippen LogP contribution < -0.4 is 0 Å². The van der Waals surface area contributed by atoms with Crippen molar-refractivity contribution in [3.63, 3.8) is 0 Å². The fourth-order valence-corrected chi connectivity index (χ4v) is 3.78. The van der Waals surface area contributed by atoms with Gasteiger partial charge >= 0.3 is 0 Å². The van der Waals surface area contributed by atoms with E-state index in [2.05, 4.69) is 11.8 Å². The lowest BCUT2D eigenvalue weighted by Gasteiger charge is -2.15. The van der Waals surface area contributed by atoms with Gasteiger partial charge in [-0.25, -0.2) is 0 Å². The molecule has 1 atom stereocenters. The summed E-state index contributed by atoms with van der Waals surface area (Å²) in [5.41, 5.74) is 0. The van der Waals surface area contributed by atoms with Gasteiger partial charge in [-0.15, -0.1) is 11.6 Å². The van der Waals surface area contributed by atoms with Crippen LogP contribution in [0.3, 0.4) is 0 Å². The minimum absolute atomic E-state index is 0.117. The van der Waals surface area contributed by atoms with Gasteiger partial charge in [0.25, 0.3) is 0 Å². The van der Waals surface area contributed by atoms with Gasteiger partial charge in [-0.3, -0.25) is 0 Å². The molecule has 0 bridgehead atoms. The van der Waals surface area contributed by atoms with Crippen LogP contribution in [0.4, 0.5) is 0 Å². The lowest BCUT2D eigenvalue weighted by molar-refractivity contribution is 0.124. The summed E-state index contributed by atoms with van der Waals surface area (Å²) in [6, 6.07) is 0. The first kappa shape index (κ1) is 26.2. The van der Waals surface area contributed by atoms with Crippen LogP contribution in [0.25, 0.3) is 0 Å². The number of halogens is 1. The number of rotatable bonds is 21. The summed E-state index contributed by atoms with van der Waals surface area (Å²) in [6.45, 7) is 4.73. The highest BCUT2D eigenvalue weighted by Gasteiger charge is 2.05. The average molecular weight is 390 g/mol. The number of hydrogen-bond acceptors (Lipinski definition) is 2. The highest BCUT2D eigenvalue weighted by Crippen LogP contribution is 2.13. The highest BCUT2D eigenvalue weighted by atomic mass is 35.5. The molecular formula is C23H48ClNO. The molecule has 0 aromatic rings. The molecule has 0 spiro atoms. The van der Waals surface area contributed by atoms with Gasteiger partial charge in [0.2, 0.25) is 0 Å². The molecule has 0 fully saturated rings. The van der Waals surface area contributed by atoms with Gasteiger partial charge in [-0.1, -0.05) is 103 Å². The second-order valence-electron chi connectivity index (χ2n) is 8.24. The van der Waals surface area contributed by atoms with Crippen molar-refractivity contribution < 1.29 is 4.74 Å². The summed E-state index contributed by atoms with van der Waals surface area (Å²) in [5.74, 6) is 0. The minimum Gasteiger partial charge on any atom is -0.380 e. The van der Waals surface area contributed by atoms with Crippen LogP contribution in [-0.4, -0.2) is 44.1 Å². The van der Waals surface area contributed by atoms with Gasteiger partial charge in [-0.05, 0) is 20.5 Å². The summed E-state index contributed by atoms with van der Waals surface area (Å²) in [6.07, 6.45) is 22.6. The second kappa shape index (κ2) is 21.5. The summed E-state index contributed by atoms with van der Waals surface area (Å²) in [4.78, 5) is 2.11. The zero-order chi connectivity index (χ0) is 19.3. The molecular weight excluding hydrogens is 342 g/mol. The summed E-state index contributed by atoms with van der Waals surface area (Å²) < 4.78 is 5.66. The van der Waals surface area contributed by atoms with Gasteiger partial charge in [0.1, 0.15) is 0 Å². The Morgan fingerprint density at radius 3 is 1.42 bits per heavy atom. The van der Waals surface area contributed by atoms with Gasteiger partial charge < -0.3 is 9.64 Å². The zero-order valence-electron chi connectivity index (χ0n) is 18.2. The maximum Gasteiger partial charge on any atom is 0.0696 e. The lowest BCUT2D eigenvalue weighted by Crippen LogP contribution is -2.25. The van der Waals surface area contributed by atoms with Crippen LogP contribution in [0.2, 0.25) is 0 Å². The Morgan fingerprint density at radius 1 is 0.654 bits per heavy atom. The van der Waals surface area contributed by atoms with Crippen LogP contribution in [0.1, 0.15) is 110 Å². The van der Waals surface area contributed by atoms with E-state index >= 15 is 0 Å². The Balaban J connectivity index is 3.05. The van der Waals surface area contributed by atoms with Gasteiger partial charge in [-0.2, -0.15) is 0 Å². The molecule has 0 heterocycles. The van der Waals surface area contributed by atoms with Crippen LogP contribution in [0.15, 0.2) is 0 Å². The van der Waals surface area contributed by atoms with Crippen molar-refractivity contribution >= 4 is 11.6 Å². The van der Waals surface area contributed by atoms with Crippen molar-refractivity contribution in [2.75, 3.05) is 33.9 Å². The van der Waals surface area contributed by atoms with Crippen LogP contribution in [0.5, 0.6) is 0 Å². The summed E-state index contributed by atoms with van der Waals surface area (Å²) in [7, 11) is 4.09. The molecule has 0 amide bonds. The Kier molecular flexibility index (Phi) is 21.7. The van der Waals surface area contributed by atoms with Crippen molar-refractivity contribution in [1.29, 1.82) is 0 Å². The minimum atomic E-state index is 0.117. The monoisotopic (exact) mass is 389 g/mol. The third-order valence-corrected chi connectivity index (χ3v) is 5.27. The third kappa shape index (κ3) is 22.3. The van der Waals surface area contributed by atoms with Crippen LogP contribution in [0, 0.1) is 0 Å². The predicted octanol–water partition coefficient (Wildman–Crippen LogP) is 7.43. The number of nitrogens with zero attached hydrogens (tertiary/aromatic N) is 1. The topological polar surface area (TPSA) is 12.5 Å². The molecule has 1 unspecified atom stereocenters. The number of unbranched alkanes of at least 4 members (excludes halogenated alkanes) is 15. The molecule has 0 aliphatic rings. The maximum absolute atomic E-state index is 6.19. The van der Waals surface area contributed by atoms with E-state index in [1.54, 1.807) is 0 Å². The van der Waals surface area contributed by atoms with Crippen molar-refractivity contribution in [3.05, 3.63) is 0 Å². The zero-order valence-corrected chi connectivity index (χ0v) is 19.0. The Bertz CT molecular complexity index is 261. The van der Waals surface area contributed by atoms with E-state index in [9.17, 15) is 0 Å². The van der Waals surface area contributed by atoms with Crippen LogP contribution >= 0.6 is 11.6 Å². The molecule has 0 aromatic heterocycles. The smallest absolute Gasteiger partial charge is 0.0696 e. The summed E-state index contributed by atoms with van der Waals surface area (Å²) in [5, 5.41) is 0.117. The second-order valence-corrected chi connectivity index (χ2v) is 8.85. The molecule has 158 valence electrons. The number of ether oxygens (including phenoxy) is 1. The van der Waals surface area contributed by atoms with Crippen molar-refractivity contribution in [2.24, 2.45) is 0 Å². The van der Waals surface area contributed by atoms with E-state index < -0.39 is 0 Å². The van der Waals surface area contributed by atoms with E-state index in [4.69, 9.17) is 16.3 Å². The van der Waals surface area contributed by atoms with Gasteiger partial charge in [0.15, 0.2) is 0 Å². The quantitative estimate of drug-likeness (QED) is 0.149. The van der Waals surface area contributed by atoms with E-state index in [1.807, 2.05) is 14.1 Å². The van der Waals surface area contributed by atoms with Crippen molar-refractivity contribution in [3.8, 4) is 0 Å². The van der Waals surface area contributed by atoms with Crippen LogP contribution in [-0.2, 0) is 4.74 Å². The molecule has 0 aromatic carbocycles. The lowest BCUT2D eigenvalue weighted by atomic mass is 10.0. The first-order valence-corrected chi connectivity index (χ1v) is 12.0. The molecule has 0 N–H and O–H groups in total. The molecule has 0 aliphatic carbocycles. The van der Waals surface area contributed by atoms with Gasteiger partial charge in [0, 0.05) is 13.2 Å². The molecule has 2 nitrogen and oxygen atoms in total. The Labute approximate surface area is 170 Å². The molecule has 0 aliphatic heterocycles. The normalized spacial score (nSPS) is 12.8. The third-order valence-electron chi connectivity index (χ3n) is 5.00. The summed E-state index contributed by atoms with van der Waals surface area (Å²) >= 11 is 6.19. The first-order chi connectivity index (χ1) is 12.7. The van der Waals surface area contributed by atoms with E-state index in [-0.39, 0.29) is 5.38 Å². The van der Waals surface area contributed by atoms with E-state index in [0.29, 0.717) is 6.61 Å². The Hall–Kier alpha value is 0.210. The molecule has 26 heavy (non-hydrogen) atoms. The fourth-order valence-electron chi connectivity index (χ4n) is 3.41. The number of hydrogen-bond donors (Lipinski definition) is 0.